The van der Waals surface area contributed by atoms with Gasteiger partial charge in [-0.3, -0.25) is 19.1 Å². The van der Waals surface area contributed by atoms with Gasteiger partial charge < -0.3 is 27.0 Å². The highest BCUT2D eigenvalue weighted by Crippen LogP contribution is 2.27. The van der Waals surface area contributed by atoms with Crippen molar-refractivity contribution < 1.29 is 9.59 Å². The lowest BCUT2D eigenvalue weighted by molar-refractivity contribution is -0.136. The smallest absolute Gasteiger partial charge is 0.354 e. The Hall–Kier alpha value is -3.28. The molecule has 2 aliphatic heterocycles. The molecule has 2 aromatic rings. The van der Waals surface area contributed by atoms with Crippen molar-refractivity contribution in [2.75, 3.05) is 44.2 Å². The van der Waals surface area contributed by atoms with Gasteiger partial charge in [0.25, 0.3) is 0 Å². The van der Waals surface area contributed by atoms with Gasteiger partial charge in [0.2, 0.25) is 12.3 Å². The summed E-state index contributed by atoms with van der Waals surface area (Å²) in [5.74, 6) is 1.15. The van der Waals surface area contributed by atoms with E-state index >= 15 is 0 Å². The lowest BCUT2D eigenvalue weighted by atomic mass is 9.81. The van der Waals surface area contributed by atoms with Gasteiger partial charge in [0.05, 0.1) is 11.2 Å². The summed E-state index contributed by atoms with van der Waals surface area (Å²) in [5.41, 5.74) is 17.1. The number of anilines is 1. The van der Waals surface area contributed by atoms with Crippen molar-refractivity contribution in [3.8, 4) is 5.69 Å². The van der Waals surface area contributed by atoms with Crippen LogP contribution in [0.1, 0.15) is 46.1 Å². The van der Waals surface area contributed by atoms with E-state index in [-0.39, 0.29) is 23.5 Å². The first kappa shape index (κ1) is 30.3. The molecule has 0 unspecified atom stereocenters. The van der Waals surface area contributed by atoms with E-state index in [4.69, 9.17) is 16.3 Å². The molecule has 11 nitrogen and oxygen atoms in total. The second kappa shape index (κ2) is 12.7. The molecular formula is C28H44N8O3. The van der Waals surface area contributed by atoms with Gasteiger partial charge in [-0.25, -0.2) is 4.79 Å². The van der Waals surface area contributed by atoms with Crippen LogP contribution < -0.4 is 27.8 Å². The molecule has 0 aliphatic carbocycles. The summed E-state index contributed by atoms with van der Waals surface area (Å²) < 4.78 is 1.57. The van der Waals surface area contributed by atoms with Crippen molar-refractivity contribution in [3.63, 3.8) is 0 Å². The summed E-state index contributed by atoms with van der Waals surface area (Å²) in [6, 6.07) is 10.00. The maximum absolute atomic E-state index is 12.8. The topological polar surface area (TPSA) is 157 Å². The second-order valence-electron chi connectivity index (χ2n) is 11.6. The zero-order valence-corrected chi connectivity index (χ0v) is 23.7. The molecule has 2 aliphatic rings. The molecule has 214 valence electrons. The van der Waals surface area contributed by atoms with E-state index in [1.165, 1.54) is 5.56 Å². The molecule has 6 N–H and O–H groups in total. The molecule has 0 radical (unpaired) electrons. The number of hydrogen-bond donors (Lipinski definition) is 3. The fourth-order valence-electron chi connectivity index (χ4n) is 5.17. The SMILES string of the molecule is CC(C)(N)C(=O)N1CCN(c2ccn(-c3ccc(CN4CCC(C(C)(C)N)CC4)cc3)c(=O)n2)CC1.NC=O. The Kier molecular flexibility index (Phi) is 9.87. The van der Waals surface area contributed by atoms with Gasteiger partial charge in [-0.2, -0.15) is 4.98 Å². The Labute approximate surface area is 230 Å². The van der Waals surface area contributed by atoms with Crippen LogP contribution in [0.4, 0.5) is 5.82 Å². The molecule has 11 heteroatoms. The number of rotatable bonds is 6. The molecule has 4 rings (SSSR count). The number of carbonyl (C=O) groups is 2. The predicted molar refractivity (Wildman–Crippen MR) is 153 cm³/mol. The van der Waals surface area contributed by atoms with Crippen LogP contribution in [0, 0.1) is 5.92 Å². The van der Waals surface area contributed by atoms with E-state index in [2.05, 4.69) is 41.6 Å². The third kappa shape index (κ3) is 8.11. The zero-order chi connectivity index (χ0) is 28.8. The van der Waals surface area contributed by atoms with E-state index in [1.807, 2.05) is 23.1 Å². The van der Waals surface area contributed by atoms with Gasteiger partial charge >= 0.3 is 5.69 Å². The van der Waals surface area contributed by atoms with Gasteiger partial charge in [-0.1, -0.05) is 12.1 Å². The first-order valence-electron chi connectivity index (χ1n) is 13.5. The average Bonchev–Trinajstić information content (AvgIpc) is 2.89. The highest BCUT2D eigenvalue weighted by atomic mass is 16.2. The van der Waals surface area contributed by atoms with Crippen LogP contribution in [0.5, 0.6) is 0 Å². The number of likely N-dealkylation sites (tertiary alicyclic amines) is 1. The Morgan fingerprint density at radius 3 is 2.03 bits per heavy atom. The van der Waals surface area contributed by atoms with Crippen LogP contribution >= 0.6 is 0 Å². The summed E-state index contributed by atoms with van der Waals surface area (Å²) >= 11 is 0. The second-order valence-corrected chi connectivity index (χ2v) is 11.6. The molecule has 0 atom stereocenters. The summed E-state index contributed by atoms with van der Waals surface area (Å²) in [5, 5.41) is 0. The van der Waals surface area contributed by atoms with Crippen LogP contribution in [-0.2, 0) is 16.1 Å². The molecule has 39 heavy (non-hydrogen) atoms. The first-order chi connectivity index (χ1) is 18.3. The van der Waals surface area contributed by atoms with Crippen molar-refractivity contribution in [1.82, 2.24) is 19.4 Å². The number of piperidine rings is 1. The quantitative estimate of drug-likeness (QED) is 0.451. The molecule has 3 heterocycles. The lowest BCUT2D eigenvalue weighted by Crippen LogP contribution is -2.57. The Bertz CT molecular complexity index is 1150. The average molecular weight is 541 g/mol. The molecular weight excluding hydrogens is 496 g/mol. The molecule has 1 aromatic carbocycles. The van der Waals surface area contributed by atoms with Crippen molar-refractivity contribution in [2.45, 2.75) is 58.2 Å². The lowest BCUT2D eigenvalue weighted by Gasteiger charge is -2.38. The van der Waals surface area contributed by atoms with Gasteiger partial charge in [-0.15, -0.1) is 0 Å². The molecule has 0 bridgehead atoms. The van der Waals surface area contributed by atoms with Crippen LogP contribution in [0.25, 0.3) is 5.69 Å². The third-order valence-corrected chi connectivity index (χ3v) is 7.49. The van der Waals surface area contributed by atoms with Crippen LogP contribution in [0.15, 0.2) is 41.3 Å². The van der Waals surface area contributed by atoms with Crippen molar-refractivity contribution >= 4 is 18.1 Å². The van der Waals surface area contributed by atoms with Crippen molar-refractivity contribution in [3.05, 3.63) is 52.6 Å². The molecule has 2 fully saturated rings. The van der Waals surface area contributed by atoms with Gasteiger partial charge in [0.15, 0.2) is 0 Å². The normalized spacial score (nSPS) is 17.4. The van der Waals surface area contributed by atoms with Crippen LogP contribution in [0.3, 0.4) is 0 Å². The molecule has 1 aromatic heterocycles. The number of carbonyl (C=O) groups excluding carboxylic acids is 2. The van der Waals surface area contributed by atoms with Gasteiger partial charge in [0.1, 0.15) is 5.82 Å². The Balaban J connectivity index is 0.00000134. The minimum atomic E-state index is -0.880. The number of aromatic nitrogens is 2. The molecule has 2 amide bonds. The predicted octanol–water partition coefficient (Wildman–Crippen LogP) is 0.669. The number of amides is 2. The highest BCUT2D eigenvalue weighted by molar-refractivity contribution is 5.85. The van der Waals surface area contributed by atoms with Crippen LogP contribution in [-0.4, -0.2) is 82.0 Å². The van der Waals surface area contributed by atoms with Gasteiger partial charge in [-0.05, 0) is 83.3 Å². The largest absolute Gasteiger partial charge is 0.372 e. The maximum atomic E-state index is 12.8. The van der Waals surface area contributed by atoms with E-state index in [9.17, 15) is 9.59 Å². The van der Waals surface area contributed by atoms with Gasteiger partial charge in [0, 0.05) is 44.5 Å². The van der Waals surface area contributed by atoms with E-state index < -0.39 is 5.54 Å². The highest BCUT2D eigenvalue weighted by Gasteiger charge is 2.31. The zero-order valence-electron chi connectivity index (χ0n) is 23.7. The minimum Gasteiger partial charge on any atom is -0.372 e. The fraction of sp³-hybridized carbons (Fsp3) is 0.571. The molecule has 0 spiro atoms. The summed E-state index contributed by atoms with van der Waals surface area (Å²) in [6.45, 7) is 13.1. The number of nitrogens with two attached hydrogens (primary N) is 3. The number of piperazine rings is 1. The summed E-state index contributed by atoms with van der Waals surface area (Å²) in [4.78, 5) is 44.4. The number of nitrogens with zero attached hydrogens (tertiary/aromatic N) is 5. The minimum absolute atomic E-state index is 0.0574. The van der Waals surface area contributed by atoms with E-state index in [0.29, 0.717) is 37.9 Å². The first-order valence-corrected chi connectivity index (χ1v) is 13.5. The van der Waals surface area contributed by atoms with Crippen molar-refractivity contribution in [2.24, 2.45) is 23.1 Å². The molecule has 2 saturated heterocycles. The summed E-state index contributed by atoms with van der Waals surface area (Å²) in [6.07, 6.45) is 4.29. The third-order valence-electron chi connectivity index (χ3n) is 7.49. The van der Waals surface area contributed by atoms with E-state index in [1.54, 1.807) is 29.5 Å². The van der Waals surface area contributed by atoms with E-state index in [0.717, 1.165) is 38.2 Å². The Morgan fingerprint density at radius 2 is 1.54 bits per heavy atom. The number of benzene rings is 1. The van der Waals surface area contributed by atoms with Crippen LogP contribution in [0.2, 0.25) is 0 Å². The standard InChI is InChI=1S/C27H41N7O2.CH3NO/c1-26(2,28)21-9-12-31(13-10-21)19-20-5-7-22(8-6-20)34-14-11-23(30-25(34)36)32-15-17-33(18-16-32)24(35)27(3,4)29;2-1-3/h5-8,11,14,21H,9-10,12-13,15-19,28-29H2,1-4H3;1H,(H2,2,3). The Morgan fingerprint density at radius 1 is 0.974 bits per heavy atom. The van der Waals surface area contributed by atoms with Crippen molar-refractivity contribution in [1.29, 1.82) is 0 Å². The monoisotopic (exact) mass is 540 g/mol. The maximum Gasteiger partial charge on any atom is 0.354 e. The number of hydrogen-bond acceptors (Lipinski definition) is 8. The molecule has 0 saturated carbocycles. The number of primary amides is 1. The summed E-state index contributed by atoms with van der Waals surface area (Å²) in [7, 11) is 0. The fourth-order valence-corrected chi connectivity index (χ4v) is 5.17.